The van der Waals surface area contributed by atoms with Gasteiger partial charge in [-0.2, -0.15) is 0 Å². The van der Waals surface area contributed by atoms with Crippen LogP contribution in [0.3, 0.4) is 0 Å². The number of carbonyl (C=O) groups excluding carboxylic acids is 1. The molecule has 1 amide bonds. The Kier molecular flexibility index (Phi) is 3.99. The summed E-state index contributed by atoms with van der Waals surface area (Å²) in [4.78, 5) is 15.1. The topological polar surface area (TPSA) is 61.8 Å². The molecule has 4 rings (SSSR count). The van der Waals surface area contributed by atoms with E-state index in [0.717, 1.165) is 44.2 Å². The lowest BCUT2D eigenvalue weighted by Crippen LogP contribution is -2.54. The van der Waals surface area contributed by atoms with Gasteiger partial charge in [0, 0.05) is 25.2 Å². The molecule has 5 heteroatoms. The molecule has 0 aromatic heterocycles. The van der Waals surface area contributed by atoms with Crippen molar-refractivity contribution in [2.75, 3.05) is 19.7 Å². The van der Waals surface area contributed by atoms with E-state index in [1.807, 2.05) is 6.07 Å². The number of rotatable bonds is 3. The number of benzene rings is 1. The molecule has 2 fully saturated rings. The van der Waals surface area contributed by atoms with Crippen molar-refractivity contribution in [3.63, 3.8) is 0 Å². The van der Waals surface area contributed by atoms with Crippen molar-refractivity contribution in [1.82, 2.24) is 10.2 Å². The van der Waals surface area contributed by atoms with E-state index in [1.54, 1.807) is 6.07 Å². The van der Waals surface area contributed by atoms with Crippen LogP contribution in [0, 0.1) is 0 Å². The third-order valence-corrected chi connectivity index (χ3v) is 5.23. The van der Waals surface area contributed by atoms with Crippen LogP contribution in [-0.2, 0) is 22.4 Å². The van der Waals surface area contributed by atoms with Gasteiger partial charge < -0.3 is 20.1 Å². The van der Waals surface area contributed by atoms with Gasteiger partial charge in [0.1, 0.15) is 11.9 Å². The molecule has 0 bridgehead atoms. The molecule has 1 aromatic rings. The zero-order valence-electron chi connectivity index (χ0n) is 13.3. The van der Waals surface area contributed by atoms with Gasteiger partial charge in [-0.25, -0.2) is 0 Å². The van der Waals surface area contributed by atoms with Crippen molar-refractivity contribution < 1.29 is 14.6 Å². The summed E-state index contributed by atoms with van der Waals surface area (Å²) < 4.78 is 5.68. The summed E-state index contributed by atoms with van der Waals surface area (Å²) >= 11 is 0. The fourth-order valence-corrected chi connectivity index (χ4v) is 3.89. The van der Waals surface area contributed by atoms with Crippen molar-refractivity contribution in [3.8, 4) is 5.75 Å². The lowest BCUT2D eigenvalue weighted by atomic mass is 9.86. The van der Waals surface area contributed by atoms with Crippen LogP contribution in [0.25, 0.3) is 0 Å². The summed E-state index contributed by atoms with van der Waals surface area (Å²) in [6.45, 7) is 2.03. The molecular formula is C18H24N2O3. The average Bonchev–Trinajstić information content (AvgIpc) is 3.41. The zero-order chi connectivity index (χ0) is 15.8. The number of nitrogens with zero attached hydrogens (tertiary/aromatic N) is 1. The molecule has 0 radical (unpaired) electrons. The second kappa shape index (κ2) is 6.13. The lowest BCUT2D eigenvalue weighted by molar-refractivity contribution is -0.148. The molecule has 1 heterocycles. The number of phenols is 1. The lowest BCUT2D eigenvalue weighted by Gasteiger charge is -2.38. The molecule has 124 valence electrons. The minimum absolute atomic E-state index is 0.128. The van der Waals surface area contributed by atoms with Crippen LogP contribution >= 0.6 is 0 Å². The van der Waals surface area contributed by atoms with E-state index in [-0.39, 0.29) is 18.1 Å². The van der Waals surface area contributed by atoms with Crippen LogP contribution in [0.1, 0.15) is 30.4 Å². The number of aromatic hydroxyl groups is 1. The van der Waals surface area contributed by atoms with Crippen molar-refractivity contribution in [2.45, 2.75) is 50.3 Å². The number of fused-ring (bicyclic) bond motifs is 1. The third-order valence-electron chi connectivity index (χ3n) is 5.23. The van der Waals surface area contributed by atoms with Crippen LogP contribution < -0.4 is 5.32 Å². The molecule has 1 aliphatic heterocycles. The minimum atomic E-state index is -0.352. The van der Waals surface area contributed by atoms with E-state index >= 15 is 0 Å². The van der Waals surface area contributed by atoms with E-state index in [4.69, 9.17) is 4.74 Å². The summed E-state index contributed by atoms with van der Waals surface area (Å²) in [5, 5.41) is 13.4. The highest BCUT2D eigenvalue weighted by atomic mass is 16.5. The third kappa shape index (κ3) is 2.95. The predicted molar refractivity (Wildman–Crippen MR) is 86.4 cm³/mol. The van der Waals surface area contributed by atoms with Gasteiger partial charge in [0.15, 0.2) is 0 Å². The Labute approximate surface area is 136 Å². The molecular weight excluding hydrogens is 292 g/mol. The molecule has 2 aliphatic carbocycles. The molecule has 23 heavy (non-hydrogen) atoms. The largest absolute Gasteiger partial charge is 0.508 e. The number of aryl methyl sites for hydroxylation is 1. The van der Waals surface area contributed by atoms with Gasteiger partial charge in [0.2, 0.25) is 0 Å². The van der Waals surface area contributed by atoms with Gasteiger partial charge in [-0.15, -0.1) is 0 Å². The molecule has 1 unspecified atom stereocenters. The highest BCUT2D eigenvalue weighted by Gasteiger charge is 2.41. The van der Waals surface area contributed by atoms with E-state index in [1.165, 1.54) is 5.56 Å². The highest BCUT2D eigenvalue weighted by Crippen LogP contribution is 2.36. The Balaban J connectivity index is 1.54. The van der Waals surface area contributed by atoms with E-state index in [2.05, 4.69) is 16.3 Å². The fraction of sp³-hybridized carbons (Fsp3) is 0.611. The molecule has 1 aromatic carbocycles. The number of ether oxygens (including phenoxy) is 1. The molecule has 5 nitrogen and oxygen atoms in total. The van der Waals surface area contributed by atoms with Gasteiger partial charge in [-0.3, -0.25) is 4.79 Å². The maximum Gasteiger partial charge on any atom is 0.253 e. The standard InChI is InChI=1S/C18H24N2O3/c21-16-3-1-2-12-4-5-14(10-15(12)16)20(13-6-7-13)18(22)17-11-19-8-9-23-17/h1-3,13-14,17,19,21H,4-11H2/t14?,17-/m1/s1. The summed E-state index contributed by atoms with van der Waals surface area (Å²) in [6.07, 6.45) is 4.49. The first-order valence-corrected chi connectivity index (χ1v) is 8.68. The summed E-state index contributed by atoms with van der Waals surface area (Å²) in [5.74, 6) is 0.495. The van der Waals surface area contributed by atoms with Gasteiger partial charge >= 0.3 is 0 Å². The summed E-state index contributed by atoms with van der Waals surface area (Å²) in [6, 6.07) is 6.29. The van der Waals surface area contributed by atoms with Gasteiger partial charge in [0.25, 0.3) is 5.91 Å². The molecule has 3 aliphatic rings. The fourth-order valence-electron chi connectivity index (χ4n) is 3.89. The Hall–Kier alpha value is -1.59. The highest BCUT2D eigenvalue weighted by molar-refractivity contribution is 5.82. The monoisotopic (exact) mass is 316 g/mol. The minimum Gasteiger partial charge on any atom is -0.508 e. The van der Waals surface area contributed by atoms with Crippen molar-refractivity contribution in [2.24, 2.45) is 0 Å². The number of hydrogen-bond acceptors (Lipinski definition) is 4. The van der Waals surface area contributed by atoms with Crippen LogP contribution in [0.4, 0.5) is 0 Å². The summed E-state index contributed by atoms with van der Waals surface area (Å²) in [5.41, 5.74) is 2.24. The van der Waals surface area contributed by atoms with Crippen LogP contribution in [-0.4, -0.2) is 53.8 Å². The Morgan fingerprint density at radius 3 is 2.87 bits per heavy atom. The second-order valence-electron chi connectivity index (χ2n) is 6.85. The predicted octanol–water partition coefficient (Wildman–Crippen LogP) is 1.23. The van der Waals surface area contributed by atoms with E-state index in [9.17, 15) is 9.90 Å². The maximum atomic E-state index is 13.0. The van der Waals surface area contributed by atoms with Crippen LogP contribution in [0.5, 0.6) is 5.75 Å². The number of amides is 1. The molecule has 1 saturated carbocycles. The van der Waals surface area contributed by atoms with E-state index < -0.39 is 0 Å². The zero-order valence-corrected chi connectivity index (χ0v) is 13.3. The van der Waals surface area contributed by atoms with Gasteiger partial charge in [-0.05, 0) is 49.3 Å². The second-order valence-corrected chi connectivity index (χ2v) is 6.85. The first kappa shape index (κ1) is 15.0. The van der Waals surface area contributed by atoms with Crippen LogP contribution in [0.15, 0.2) is 18.2 Å². The number of hydrogen-bond donors (Lipinski definition) is 2. The molecule has 1 saturated heterocycles. The number of phenolic OH excluding ortho intramolecular Hbond substituents is 1. The first-order valence-electron chi connectivity index (χ1n) is 8.68. The molecule has 2 N–H and O–H groups in total. The Bertz CT molecular complexity index is 594. The number of carbonyl (C=O) groups is 1. The van der Waals surface area contributed by atoms with Gasteiger partial charge in [-0.1, -0.05) is 12.1 Å². The first-order chi connectivity index (χ1) is 11.2. The van der Waals surface area contributed by atoms with Crippen LogP contribution in [0.2, 0.25) is 0 Å². The number of morpholine rings is 1. The van der Waals surface area contributed by atoms with Crippen molar-refractivity contribution in [1.29, 1.82) is 0 Å². The smallest absolute Gasteiger partial charge is 0.253 e. The average molecular weight is 316 g/mol. The van der Waals surface area contributed by atoms with E-state index in [0.29, 0.717) is 24.9 Å². The number of nitrogens with one attached hydrogen (secondary N) is 1. The summed E-state index contributed by atoms with van der Waals surface area (Å²) in [7, 11) is 0. The quantitative estimate of drug-likeness (QED) is 0.880. The van der Waals surface area contributed by atoms with Gasteiger partial charge in [0.05, 0.1) is 6.61 Å². The maximum absolute atomic E-state index is 13.0. The Morgan fingerprint density at radius 1 is 1.26 bits per heavy atom. The molecule has 0 spiro atoms. The molecule has 2 atom stereocenters. The Morgan fingerprint density at radius 2 is 2.13 bits per heavy atom. The van der Waals surface area contributed by atoms with Crippen molar-refractivity contribution in [3.05, 3.63) is 29.3 Å². The SMILES string of the molecule is O=C([C@H]1CNCCO1)N(C1CC1)C1CCc2cccc(O)c2C1. The van der Waals surface area contributed by atoms with Crippen molar-refractivity contribution >= 4 is 5.91 Å². The normalized spacial score (nSPS) is 27.3.